The standard InChI is InChI=1S/C15H24N2OS/c1-11-13(7-8-18-11)19-14-6-5-12(9-16-14)10-17-15(2,3)4/h5-6,9,11,13,17H,7-8,10H2,1-4H3. The topological polar surface area (TPSA) is 34.1 Å². The van der Waals surface area contributed by atoms with Crippen LogP contribution in [0, 0.1) is 0 Å². The first-order chi connectivity index (χ1) is 8.94. The first-order valence-corrected chi connectivity index (χ1v) is 7.80. The van der Waals surface area contributed by atoms with Gasteiger partial charge in [0.15, 0.2) is 0 Å². The lowest BCUT2D eigenvalue weighted by molar-refractivity contribution is 0.127. The van der Waals surface area contributed by atoms with E-state index in [0.29, 0.717) is 11.4 Å². The number of hydrogen-bond donors (Lipinski definition) is 1. The minimum atomic E-state index is 0.143. The van der Waals surface area contributed by atoms with Crippen LogP contribution in [-0.4, -0.2) is 28.5 Å². The van der Waals surface area contributed by atoms with E-state index in [1.165, 1.54) is 5.56 Å². The Morgan fingerprint density at radius 2 is 2.21 bits per heavy atom. The van der Waals surface area contributed by atoms with Crippen LogP contribution in [0.5, 0.6) is 0 Å². The van der Waals surface area contributed by atoms with Crippen molar-refractivity contribution in [2.75, 3.05) is 6.61 Å². The predicted octanol–water partition coefficient (Wildman–Crippen LogP) is 3.24. The molecule has 1 aromatic heterocycles. The van der Waals surface area contributed by atoms with Gasteiger partial charge in [-0.25, -0.2) is 4.98 Å². The highest BCUT2D eigenvalue weighted by atomic mass is 32.2. The highest BCUT2D eigenvalue weighted by Gasteiger charge is 2.25. The minimum absolute atomic E-state index is 0.143. The van der Waals surface area contributed by atoms with Crippen LogP contribution < -0.4 is 5.32 Å². The van der Waals surface area contributed by atoms with Gasteiger partial charge in [0.05, 0.1) is 11.1 Å². The fraction of sp³-hybridized carbons (Fsp3) is 0.667. The van der Waals surface area contributed by atoms with Gasteiger partial charge in [0.1, 0.15) is 0 Å². The maximum absolute atomic E-state index is 5.58. The number of ether oxygens (including phenoxy) is 1. The van der Waals surface area contributed by atoms with Gasteiger partial charge in [-0.2, -0.15) is 0 Å². The molecule has 0 bridgehead atoms. The summed E-state index contributed by atoms with van der Waals surface area (Å²) in [6.07, 6.45) is 3.44. The van der Waals surface area contributed by atoms with Gasteiger partial charge in [-0.05, 0) is 45.7 Å². The van der Waals surface area contributed by atoms with Crippen molar-refractivity contribution in [2.45, 2.75) is 62.6 Å². The third-order valence-electron chi connectivity index (χ3n) is 3.20. The SMILES string of the molecule is CC1OCCC1Sc1ccc(CNC(C)(C)C)cn1. The van der Waals surface area contributed by atoms with Gasteiger partial charge in [-0.1, -0.05) is 6.07 Å². The number of pyridine rings is 1. The van der Waals surface area contributed by atoms with Crippen LogP contribution in [0.15, 0.2) is 23.4 Å². The van der Waals surface area contributed by atoms with Crippen LogP contribution >= 0.6 is 11.8 Å². The summed E-state index contributed by atoms with van der Waals surface area (Å²) in [5, 5.41) is 5.12. The van der Waals surface area contributed by atoms with E-state index < -0.39 is 0 Å². The van der Waals surface area contributed by atoms with Crippen LogP contribution in [0.25, 0.3) is 0 Å². The molecule has 3 nitrogen and oxygen atoms in total. The minimum Gasteiger partial charge on any atom is -0.377 e. The van der Waals surface area contributed by atoms with Gasteiger partial charge < -0.3 is 10.1 Å². The van der Waals surface area contributed by atoms with Gasteiger partial charge >= 0.3 is 0 Å². The molecule has 19 heavy (non-hydrogen) atoms. The molecule has 1 aliphatic heterocycles. The second-order valence-electron chi connectivity index (χ2n) is 6.13. The van der Waals surface area contributed by atoms with Crippen molar-refractivity contribution in [3.63, 3.8) is 0 Å². The fourth-order valence-electron chi connectivity index (χ4n) is 1.97. The maximum atomic E-state index is 5.58. The van der Waals surface area contributed by atoms with E-state index in [4.69, 9.17) is 4.74 Å². The molecule has 0 aromatic carbocycles. The van der Waals surface area contributed by atoms with Crippen LogP contribution in [0.3, 0.4) is 0 Å². The molecule has 0 saturated carbocycles. The van der Waals surface area contributed by atoms with Crippen molar-refractivity contribution in [3.05, 3.63) is 23.9 Å². The van der Waals surface area contributed by atoms with E-state index in [0.717, 1.165) is 24.6 Å². The van der Waals surface area contributed by atoms with Crippen LogP contribution in [0.1, 0.15) is 39.7 Å². The molecule has 1 fully saturated rings. The number of thioether (sulfide) groups is 1. The fourth-order valence-corrected chi connectivity index (χ4v) is 3.03. The molecule has 2 atom stereocenters. The van der Waals surface area contributed by atoms with Crippen LogP contribution in [-0.2, 0) is 11.3 Å². The molecule has 1 N–H and O–H groups in total. The Balaban J connectivity index is 1.87. The predicted molar refractivity (Wildman–Crippen MR) is 80.5 cm³/mol. The summed E-state index contributed by atoms with van der Waals surface area (Å²) in [6.45, 7) is 10.4. The van der Waals surface area contributed by atoms with Crippen LogP contribution in [0.2, 0.25) is 0 Å². The Labute approximate surface area is 120 Å². The van der Waals surface area contributed by atoms with Gasteiger partial charge in [-0.15, -0.1) is 11.8 Å². The lowest BCUT2D eigenvalue weighted by Gasteiger charge is -2.20. The highest BCUT2D eigenvalue weighted by molar-refractivity contribution is 7.99. The second-order valence-corrected chi connectivity index (χ2v) is 7.39. The lowest BCUT2D eigenvalue weighted by Crippen LogP contribution is -2.35. The third kappa shape index (κ3) is 4.79. The average molecular weight is 280 g/mol. The molecular formula is C15H24N2OS. The first-order valence-electron chi connectivity index (χ1n) is 6.92. The third-order valence-corrected chi connectivity index (χ3v) is 4.60. The van der Waals surface area contributed by atoms with Gasteiger partial charge in [0.2, 0.25) is 0 Å². The van der Waals surface area contributed by atoms with E-state index in [1.54, 1.807) is 0 Å². The largest absolute Gasteiger partial charge is 0.377 e. The Morgan fingerprint density at radius 3 is 2.74 bits per heavy atom. The first kappa shape index (κ1) is 14.8. The van der Waals surface area contributed by atoms with E-state index in [-0.39, 0.29) is 5.54 Å². The second kappa shape index (κ2) is 6.25. The van der Waals surface area contributed by atoms with E-state index in [2.05, 4.69) is 50.1 Å². The summed E-state index contributed by atoms with van der Waals surface area (Å²) in [5.74, 6) is 0. The molecule has 0 radical (unpaired) electrons. The van der Waals surface area contributed by atoms with E-state index in [1.807, 2.05) is 18.0 Å². The molecule has 0 spiro atoms. The molecule has 106 valence electrons. The maximum Gasteiger partial charge on any atom is 0.0963 e. The zero-order valence-corrected chi connectivity index (χ0v) is 13.1. The van der Waals surface area contributed by atoms with Crippen molar-refractivity contribution in [1.29, 1.82) is 0 Å². The summed E-state index contributed by atoms with van der Waals surface area (Å²) >= 11 is 1.84. The van der Waals surface area contributed by atoms with Crippen LogP contribution in [0.4, 0.5) is 0 Å². The number of nitrogens with zero attached hydrogens (tertiary/aromatic N) is 1. The molecular weight excluding hydrogens is 256 g/mol. The van der Waals surface area contributed by atoms with Gasteiger partial charge in [-0.3, -0.25) is 0 Å². The van der Waals surface area contributed by atoms with Crippen molar-refractivity contribution < 1.29 is 4.74 Å². The van der Waals surface area contributed by atoms with Gasteiger partial charge in [0.25, 0.3) is 0 Å². The van der Waals surface area contributed by atoms with E-state index in [9.17, 15) is 0 Å². The summed E-state index contributed by atoms with van der Waals surface area (Å²) in [7, 11) is 0. The van der Waals surface area contributed by atoms with Crippen molar-refractivity contribution >= 4 is 11.8 Å². The monoisotopic (exact) mass is 280 g/mol. The number of nitrogens with one attached hydrogen (secondary N) is 1. The molecule has 0 amide bonds. The molecule has 2 unspecified atom stereocenters. The molecule has 1 saturated heterocycles. The Morgan fingerprint density at radius 1 is 1.42 bits per heavy atom. The highest BCUT2D eigenvalue weighted by Crippen LogP contribution is 2.31. The van der Waals surface area contributed by atoms with Crippen molar-refractivity contribution in [3.8, 4) is 0 Å². The molecule has 1 aromatic rings. The summed E-state index contributed by atoms with van der Waals surface area (Å²) in [4.78, 5) is 4.54. The molecule has 0 aliphatic carbocycles. The number of aromatic nitrogens is 1. The summed E-state index contributed by atoms with van der Waals surface area (Å²) in [5.41, 5.74) is 1.37. The Hall–Kier alpha value is -0.580. The smallest absolute Gasteiger partial charge is 0.0963 e. The van der Waals surface area contributed by atoms with Crippen molar-refractivity contribution in [1.82, 2.24) is 10.3 Å². The average Bonchev–Trinajstić information content (AvgIpc) is 2.73. The van der Waals surface area contributed by atoms with E-state index >= 15 is 0 Å². The Kier molecular flexibility index (Phi) is 4.87. The molecule has 1 aliphatic rings. The number of hydrogen-bond acceptors (Lipinski definition) is 4. The number of rotatable bonds is 4. The normalized spacial score (nSPS) is 23.8. The quantitative estimate of drug-likeness (QED) is 0.918. The summed E-state index contributed by atoms with van der Waals surface area (Å²) < 4.78 is 5.58. The zero-order valence-electron chi connectivity index (χ0n) is 12.3. The zero-order chi connectivity index (χ0) is 13.9. The Bertz CT molecular complexity index is 400. The molecule has 4 heteroatoms. The lowest BCUT2D eigenvalue weighted by atomic mass is 10.1. The summed E-state index contributed by atoms with van der Waals surface area (Å²) in [6, 6.07) is 4.28. The van der Waals surface area contributed by atoms with Gasteiger partial charge in [0, 0.05) is 30.1 Å². The van der Waals surface area contributed by atoms with Crippen molar-refractivity contribution in [2.24, 2.45) is 0 Å². The molecule has 2 rings (SSSR count). The molecule has 2 heterocycles.